The van der Waals surface area contributed by atoms with Gasteiger partial charge < -0.3 is 15.2 Å². The predicted molar refractivity (Wildman–Crippen MR) is 115 cm³/mol. The van der Waals surface area contributed by atoms with Gasteiger partial charge >= 0.3 is 5.97 Å². The number of aromatic nitrogens is 2. The number of benzene rings is 3. The third kappa shape index (κ3) is 3.07. The Morgan fingerprint density at radius 3 is 2.07 bits per heavy atom. The normalized spacial score (nSPS) is 14.2. The molecule has 1 aromatic heterocycles. The van der Waals surface area contributed by atoms with Crippen molar-refractivity contribution in [1.82, 2.24) is 9.97 Å². The molecule has 0 fully saturated rings. The Bertz CT molecular complexity index is 1140. The first-order valence-corrected chi connectivity index (χ1v) is 9.48. The molecule has 4 rings (SSSR count). The molecule has 2 unspecified atom stereocenters. The molecule has 4 aromatic rings. The molecule has 1 heterocycles. The lowest BCUT2D eigenvalue weighted by Gasteiger charge is -2.36. The van der Waals surface area contributed by atoms with Gasteiger partial charge in [-0.05, 0) is 35.5 Å². The standard InChI is InChI=1S/C23H18N2O3S/c26-20(27)19(15-9-3-1-4-10-15)23(22(28)29,16-11-5-2-6-12-16)21-24-17-13-7-8-14-18(17)25-21/h1-14,19H,(H,24,25)(H,26,27)(H,28,29). The van der Waals surface area contributed by atoms with Crippen LogP contribution in [0.15, 0.2) is 84.9 Å². The van der Waals surface area contributed by atoms with Crippen LogP contribution in [0.2, 0.25) is 0 Å². The number of H-pyrrole nitrogens is 1. The SMILES string of the molecule is O=C(O)C(c1ccccc1)C(C(O)=S)(c1ccccc1)c1nc2ccccc2[nH]1. The number of aliphatic hydroxyl groups is 1. The highest BCUT2D eigenvalue weighted by Crippen LogP contribution is 2.45. The van der Waals surface area contributed by atoms with Gasteiger partial charge in [0.1, 0.15) is 17.2 Å². The number of hydrogen-bond acceptors (Lipinski definition) is 3. The summed E-state index contributed by atoms with van der Waals surface area (Å²) >= 11 is 5.33. The van der Waals surface area contributed by atoms with Gasteiger partial charge in [0.15, 0.2) is 5.05 Å². The average Bonchev–Trinajstić information content (AvgIpc) is 3.17. The molecule has 3 N–H and O–H groups in total. The van der Waals surface area contributed by atoms with Gasteiger partial charge in [0.25, 0.3) is 0 Å². The van der Waals surface area contributed by atoms with Gasteiger partial charge in [-0.1, -0.05) is 72.8 Å². The maximum Gasteiger partial charge on any atom is 0.312 e. The van der Waals surface area contributed by atoms with Crippen LogP contribution in [0.5, 0.6) is 0 Å². The molecule has 6 heteroatoms. The second kappa shape index (κ2) is 7.48. The summed E-state index contributed by atoms with van der Waals surface area (Å²) in [6.45, 7) is 0. The van der Waals surface area contributed by atoms with Crippen molar-refractivity contribution >= 4 is 34.3 Å². The van der Waals surface area contributed by atoms with Crippen LogP contribution in [0.1, 0.15) is 22.9 Å². The molecule has 3 aromatic carbocycles. The first kappa shape index (κ1) is 18.8. The minimum atomic E-state index is -1.58. The number of nitrogens with one attached hydrogen (secondary N) is 1. The monoisotopic (exact) mass is 402 g/mol. The quantitative estimate of drug-likeness (QED) is 0.410. The summed E-state index contributed by atoms with van der Waals surface area (Å²) in [5, 5.41) is 20.7. The van der Waals surface area contributed by atoms with Crippen molar-refractivity contribution in [3.8, 4) is 0 Å². The van der Waals surface area contributed by atoms with Gasteiger partial charge in [0.2, 0.25) is 0 Å². The first-order valence-electron chi connectivity index (χ1n) is 9.07. The number of thiocarbonyl (C=S) groups is 1. The molecule has 144 valence electrons. The van der Waals surface area contributed by atoms with E-state index < -0.39 is 22.4 Å². The minimum absolute atomic E-state index is 0.286. The predicted octanol–water partition coefficient (Wildman–Crippen LogP) is 4.60. The maximum atomic E-state index is 12.6. The fourth-order valence-electron chi connectivity index (χ4n) is 3.85. The number of aliphatic carboxylic acids is 1. The van der Waals surface area contributed by atoms with Crippen LogP contribution in [0.4, 0.5) is 0 Å². The zero-order valence-corrected chi connectivity index (χ0v) is 16.1. The lowest BCUT2D eigenvalue weighted by Crippen LogP contribution is -2.46. The molecule has 29 heavy (non-hydrogen) atoms. The number of hydrogen-bond donors (Lipinski definition) is 3. The molecule has 0 radical (unpaired) electrons. The number of aliphatic hydroxyl groups excluding tert-OH is 1. The van der Waals surface area contributed by atoms with Crippen molar-refractivity contribution in [2.75, 3.05) is 0 Å². The molecule has 2 atom stereocenters. The molecule has 0 saturated heterocycles. The van der Waals surface area contributed by atoms with Crippen molar-refractivity contribution in [3.05, 3.63) is 102 Å². The van der Waals surface area contributed by atoms with Gasteiger partial charge in [-0.15, -0.1) is 0 Å². The average molecular weight is 402 g/mol. The number of carboxylic acids is 1. The number of nitrogens with zero attached hydrogens (tertiary/aromatic N) is 1. The van der Waals surface area contributed by atoms with Crippen LogP contribution in [0, 0.1) is 0 Å². The Balaban J connectivity index is 2.10. The van der Waals surface area contributed by atoms with Crippen LogP contribution in [-0.2, 0) is 10.2 Å². The Hall–Kier alpha value is -3.51. The van der Waals surface area contributed by atoms with Crippen LogP contribution in [0.25, 0.3) is 11.0 Å². The van der Waals surface area contributed by atoms with Crippen LogP contribution in [-0.4, -0.2) is 31.2 Å². The number of imidazole rings is 1. The summed E-state index contributed by atoms with van der Waals surface area (Å²) in [5.41, 5.74) is 0.874. The van der Waals surface area contributed by atoms with E-state index in [2.05, 4.69) is 9.97 Å². The Kier molecular flexibility index (Phi) is 4.86. The Morgan fingerprint density at radius 2 is 1.48 bits per heavy atom. The number of para-hydroxylation sites is 2. The second-order valence-corrected chi connectivity index (χ2v) is 7.15. The highest BCUT2D eigenvalue weighted by Gasteiger charge is 2.53. The molecule has 0 aliphatic rings. The van der Waals surface area contributed by atoms with Gasteiger partial charge in [0, 0.05) is 0 Å². The van der Waals surface area contributed by atoms with E-state index in [9.17, 15) is 15.0 Å². The summed E-state index contributed by atoms with van der Waals surface area (Å²) < 4.78 is 0. The van der Waals surface area contributed by atoms with E-state index >= 15 is 0 Å². The molecule has 0 aliphatic heterocycles. The zero-order chi connectivity index (χ0) is 20.4. The van der Waals surface area contributed by atoms with E-state index in [0.29, 0.717) is 16.6 Å². The minimum Gasteiger partial charge on any atom is -0.501 e. The van der Waals surface area contributed by atoms with Crippen LogP contribution < -0.4 is 0 Å². The zero-order valence-electron chi connectivity index (χ0n) is 15.3. The molecule has 0 bridgehead atoms. The first-order chi connectivity index (χ1) is 14.0. The van der Waals surface area contributed by atoms with E-state index in [0.717, 1.165) is 5.52 Å². The number of rotatable bonds is 6. The fraction of sp³-hybridized carbons (Fsp3) is 0.0870. The lowest BCUT2D eigenvalue weighted by molar-refractivity contribution is -0.139. The van der Waals surface area contributed by atoms with Gasteiger partial charge in [-0.25, -0.2) is 4.98 Å². The van der Waals surface area contributed by atoms with E-state index in [4.69, 9.17) is 12.2 Å². The number of carboxylic acid groups (broad SMARTS) is 1. The number of carbonyl (C=O) groups is 1. The van der Waals surface area contributed by atoms with Crippen LogP contribution >= 0.6 is 12.2 Å². The van der Waals surface area contributed by atoms with E-state index in [1.165, 1.54) is 0 Å². The molecule has 0 amide bonds. The summed E-state index contributed by atoms with van der Waals surface area (Å²) in [4.78, 5) is 20.4. The highest BCUT2D eigenvalue weighted by atomic mass is 32.1. The summed E-state index contributed by atoms with van der Waals surface area (Å²) in [6.07, 6.45) is 0. The fourth-order valence-corrected chi connectivity index (χ4v) is 4.18. The third-order valence-corrected chi connectivity index (χ3v) is 5.46. The van der Waals surface area contributed by atoms with E-state index in [-0.39, 0.29) is 5.82 Å². The van der Waals surface area contributed by atoms with E-state index in [1.807, 2.05) is 36.4 Å². The van der Waals surface area contributed by atoms with Crippen molar-refractivity contribution in [1.29, 1.82) is 0 Å². The van der Waals surface area contributed by atoms with Gasteiger partial charge in [-0.2, -0.15) is 0 Å². The topological polar surface area (TPSA) is 86.2 Å². The lowest BCUT2D eigenvalue weighted by atomic mass is 9.67. The summed E-state index contributed by atoms with van der Waals surface area (Å²) in [7, 11) is 0. The Labute approximate surface area is 172 Å². The van der Waals surface area contributed by atoms with Crippen molar-refractivity contribution in [2.24, 2.45) is 0 Å². The number of fused-ring (bicyclic) bond motifs is 1. The molecule has 0 aliphatic carbocycles. The van der Waals surface area contributed by atoms with Gasteiger partial charge in [-0.3, -0.25) is 4.79 Å². The Morgan fingerprint density at radius 1 is 0.897 bits per heavy atom. The van der Waals surface area contributed by atoms with Crippen LogP contribution in [0.3, 0.4) is 0 Å². The molecule has 5 nitrogen and oxygen atoms in total. The van der Waals surface area contributed by atoms with E-state index in [1.54, 1.807) is 48.5 Å². The highest BCUT2D eigenvalue weighted by molar-refractivity contribution is 7.80. The molecular formula is C23H18N2O3S. The molecular weight excluding hydrogens is 384 g/mol. The van der Waals surface area contributed by atoms with Crippen molar-refractivity contribution < 1.29 is 15.0 Å². The number of aromatic amines is 1. The molecule has 0 spiro atoms. The smallest absolute Gasteiger partial charge is 0.312 e. The molecule has 0 saturated carbocycles. The third-order valence-electron chi connectivity index (χ3n) is 5.14. The second-order valence-electron chi connectivity index (χ2n) is 6.76. The maximum absolute atomic E-state index is 12.6. The van der Waals surface area contributed by atoms with Gasteiger partial charge in [0.05, 0.1) is 11.0 Å². The summed E-state index contributed by atoms with van der Waals surface area (Å²) in [6, 6.07) is 25.1. The van der Waals surface area contributed by atoms with Crippen molar-refractivity contribution in [3.63, 3.8) is 0 Å². The largest absolute Gasteiger partial charge is 0.501 e. The van der Waals surface area contributed by atoms with Crippen molar-refractivity contribution in [2.45, 2.75) is 11.3 Å². The summed E-state index contributed by atoms with van der Waals surface area (Å²) in [5.74, 6) is -2.02.